The molecule has 0 saturated heterocycles. The molecule has 0 unspecified atom stereocenters. The van der Waals surface area contributed by atoms with E-state index in [2.05, 4.69) is 22.9 Å². The number of allylic oxidation sites excluding steroid dienone is 1. The summed E-state index contributed by atoms with van der Waals surface area (Å²) >= 11 is 12.2. The first-order valence-electron chi connectivity index (χ1n) is 8.91. The van der Waals surface area contributed by atoms with Crippen molar-refractivity contribution < 1.29 is 4.79 Å². The Morgan fingerprint density at radius 3 is 2.43 bits per heavy atom. The molecule has 28 heavy (non-hydrogen) atoms. The zero-order valence-electron chi connectivity index (χ0n) is 15.0. The van der Waals surface area contributed by atoms with Crippen LogP contribution in [0.1, 0.15) is 21.5 Å². The summed E-state index contributed by atoms with van der Waals surface area (Å²) in [4.78, 5) is 12.4. The summed E-state index contributed by atoms with van der Waals surface area (Å²) in [5, 5.41) is 2.19. The van der Waals surface area contributed by atoms with Crippen LogP contribution in [0.5, 0.6) is 0 Å². The van der Waals surface area contributed by atoms with Crippen molar-refractivity contribution in [3.63, 3.8) is 0 Å². The lowest BCUT2D eigenvalue weighted by molar-refractivity contribution is 0.104. The van der Waals surface area contributed by atoms with Gasteiger partial charge in [0.05, 0.1) is 10.0 Å². The van der Waals surface area contributed by atoms with Crippen LogP contribution in [0.15, 0.2) is 85.1 Å². The number of para-hydroxylation sites is 1. The van der Waals surface area contributed by atoms with Crippen molar-refractivity contribution in [2.45, 2.75) is 6.54 Å². The van der Waals surface area contributed by atoms with Gasteiger partial charge >= 0.3 is 0 Å². The molecule has 3 aromatic carbocycles. The predicted octanol–water partition coefficient (Wildman–Crippen LogP) is 6.89. The molecule has 0 bridgehead atoms. The Balaban J connectivity index is 1.67. The predicted molar refractivity (Wildman–Crippen MR) is 117 cm³/mol. The van der Waals surface area contributed by atoms with Gasteiger partial charge in [0.1, 0.15) is 0 Å². The van der Waals surface area contributed by atoms with Gasteiger partial charge in [-0.3, -0.25) is 4.79 Å². The van der Waals surface area contributed by atoms with Gasteiger partial charge < -0.3 is 4.57 Å². The number of benzene rings is 3. The van der Waals surface area contributed by atoms with Crippen molar-refractivity contribution in [3.05, 3.63) is 112 Å². The summed E-state index contributed by atoms with van der Waals surface area (Å²) in [6, 6.07) is 23.1. The number of hydrogen-bond acceptors (Lipinski definition) is 1. The third kappa shape index (κ3) is 3.89. The van der Waals surface area contributed by atoms with Crippen molar-refractivity contribution >= 4 is 46.0 Å². The molecule has 0 aliphatic rings. The van der Waals surface area contributed by atoms with Gasteiger partial charge in [-0.05, 0) is 35.9 Å². The average Bonchev–Trinajstić information content (AvgIpc) is 3.07. The van der Waals surface area contributed by atoms with Crippen LogP contribution in [0.3, 0.4) is 0 Å². The van der Waals surface area contributed by atoms with Gasteiger partial charge in [-0.1, -0.05) is 77.8 Å². The fraction of sp³-hybridized carbons (Fsp3) is 0.0417. The van der Waals surface area contributed by atoms with E-state index in [4.69, 9.17) is 23.2 Å². The molecule has 2 nitrogen and oxygen atoms in total. The summed E-state index contributed by atoms with van der Waals surface area (Å²) in [6.45, 7) is 0.665. The normalized spacial score (nSPS) is 11.4. The number of rotatable bonds is 5. The summed E-state index contributed by atoms with van der Waals surface area (Å²) in [7, 11) is 0. The molecule has 4 rings (SSSR count). The lowest BCUT2D eigenvalue weighted by atomic mass is 10.1. The minimum atomic E-state index is -0.0121. The van der Waals surface area contributed by atoms with E-state index in [1.165, 1.54) is 0 Å². The number of halogens is 2. The Labute approximate surface area is 173 Å². The number of carbonyl (C=O) groups excluding carboxylic acids is 1. The number of ketones is 1. The maximum atomic E-state index is 12.4. The second kappa shape index (κ2) is 8.05. The molecule has 4 heteroatoms. The molecular formula is C24H17Cl2NO. The first-order chi connectivity index (χ1) is 13.6. The van der Waals surface area contributed by atoms with Gasteiger partial charge in [-0.25, -0.2) is 0 Å². The van der Waals surface area contributed by atoms with E-state index < -0.39 is 0 Å². The second-order valence-electron chi connectivity index (χ2n) is 6.54. The molecule has 0 radical (unpaired) electrons. The quantitative estimate of drug-likeness (QED) is 0.261. The van der Waals surface area contributed by atoms with E-state index in [9.17, 15) is 4.79 Å². The molecule has 4 aromatic rings. The van der Waals surface area contributed by atoms with E-state index in [-0.39, 0.29) is 5.78 Å². The van der Waals surface area contributed by atoms with Crippen LogP contribution in [-0.2, 0) is 6.54 Å². The fourth-order valence-electron chi connectivity index (χ4n) is 3.24. The molecule has 1 aromatic heterocycles. The number of aromatic nitrogens is 1. The molecule has 138 valence electrons. The summed E-state index contributed by atoms with van der Waals surface area (Å²) < 4.78 is 2.15. The molecule has 0 amide bonds. The van der Waals surface area contributed by atoms with E-state index >= 15 is 0 Å². The average molecular weight is 406 g/mol. The van der Waals surface area contributed by atoms with Crippen molar-refractivity contribution in [1.82, 2.24) is 4.57 Å². The number of fused-ring (bicyclic) bond motifs is 1. The Kier molecular flexibility index (Phi) is 5.34. The lowest BCUT2D eigenvalue weighted by Crippen LogP contribution is -1.97. The van der Waals surface area contributed by atoms with Crippen molar-refractivity contribution in [3.8, 4) is 0 Å². The Morgan fingerprint density at radius 1 is 0.893 bits per heavy atom. The van der Waals surface area contributed by atoms with Crippen molar-refractivity contribution in [2.75, 3.05) is 0 Å². The summed E-state index contributed by atoms with van der Waals surface area (Å²) in [5.41, 5.74) is 3.84. The molecule has 0 fully saturated rings. The van der Waals surface area contributed by atoms with Gasteiger partial charge in [0, 0.05) is 34.8 Å². The molecular weight excluding hydrogens is 389 g/mol. The van der Waals surface area contributed by atoms with Crippen LogP contribution in [-0.4, -0.2) is 10.4 Å². The second-order valence-corrected chi connectivity index (χ2v) is 7.36. The van der Waals surface area contributed by atoms with Crippen LogP contribution in [0.2, 0.25) is 10.0 Å². The fourth-order valence-corrected chi connectivity index (χ4v) is 3.56. The van der Waals surface area contributed by atoms with Gasteiger partial charge in [-0.2, -0.15) is 0 Å². The van der Waals surface area contributed by atoms with Gasteiger partial charge in [0.25, 0.3) is 0 Å². The smallest absolute Gasteiger partial charge is 0.185 e. The standard InChI is InChI=1S/C24H17Cl2NO/c25-21-12-10-17(14-22(21)26)15-27-16-19(20-8-4-5-9-23(20)27)11-13-24(28)18-6-2-1-3-7-18/h1-14,16H,15H2/b13-11+. The Morgan fingerprint density at radius 2 is 1.64 bits per heavy atom. The maximum Gasteiger partial charge on any atom is 0.185 e. The molecule has 0 saturated carbocycles. The van der Waals surface area contributed by atoms with E-state index in [0.717, 1.165) is 22.0 Å². The van der Waals surface area contributed by atoms with Gasteiger partial charge in [0.2, 0.25) is 0 Å². The molecule has 0 atom stereocenters. The monoisotopic (exact) mass is 405 g/mol. The first kappa shape index (κ1) is 18.5. The highest BCUT2D eigenvalue weighted by Gasteiger charge is 2.08. The highest BCUT2D eigenvalue weighted by molar-refractivity contribution is 6.42. The van der Waals surface area contributed by atoms with Crippen LogP contribution in [0.25, 0.3) is 17.0 Å². The first-order valence-corrected chi connectivity index (χ1v) is 9.67. The van der Waals surface area contributed by atoms with Crippen LogP contribution >= 0.6 is 23.2 Å². The SMILES string of the molecule is O=C(/C=C/c1cn(Cc2ccc(Cl)c(Cl)c2)c2ccccc12)c1ccccc1. The lowest BCUT2D eigenvalue weighted by Gasteiger charge is -2.06. The third-order valence-electron chi connectivity index (χ3n) is 4.63. The Hall–Kier alpha value is -2.81. The van der Waals surface area contributed by atoms with E-state index in [1.807, 2.05) is 66.7 Å². The summed E-state index contributed by atoms with van der Waals surface area (Å²) in [5.74, 6) is -0.0121. The molecule has 0 N–H and O–H groups in total. The van der Waals surface area contributed by atoms with Gasteiger partial charge in [-0.15, -0.1) is 0 Å². The van der Waals surface area contributed by atoms with E-state index in [1.54, 1.807) is 6.08 Å². The number of nitrogens with zero attached hydrogens (tertiary/aromatic N) is 1. The largest absolute Gasteiger partial charge is 0.342 e. The zero-order valence-corrected chi connectivity index (χ0v) is 16.5. The molecule has 0 aliphatic carbocycles. The van der Waals surface area contributed by atoms with Crippen LogP contribution in [0.4, 0.5) is 0 Å². The highest BCUT2D eigenvalue weighted by Crippen LogP contribution is 2.26. The van der Waals surface area contributed by atoms with Crippen molar-refractivity contribution in [2.24, 2.45) is 0 Å². The maximum absolute atomic E-state index is 12.4. The summed E-state index contributed by atoms with van der Waals surface area (Å²) in [6.07, 6.45) is 5.56. The molecule has 0 aliphatic heterocycles. The minimum absolute atomic E-state index is 0.0121. The van der Waals surface area contributed by atoms with Crippen LogP contribution < -0.4 is 0 Å². The topological polar surface area (TPSA) is 22.0 Å². The van der Waals surface area contributed by atoms with E-state index in [0.29, 0.717) is 22.2 Å². The minimum Gasteiger partial charge on any atom is -0.342 e. The number of carbonyl (C=O) groups is 1. The third-order valence-corrected chi connectivity index (χ3v) is 5.37. The van der Waals surface area contributed by atoms with Crippen LogP contribution in [0, 0.1) is 0 Å². The highest BCUT2D eigenvalue weighted by atomic mass is 35.5. The molecule has 0 spiro atoms. The molecule has 1 heterocycles. The Bertz CT molecular complexity index is 1180. The van der Waals surface area contributed by atoms with Gasteiger partial charge in [0.15, 0.2) is 5.78 Å². The number of hydrogen-bond donors (Lipinski definition) is 0. The van der Waals surface area contributed by atoms with Crippen molar-refractivity contribution in [1.29, 1.82) is 0 Å². The zero-order chi connectivity index (χ0) is 19.5.